The van der Waals surface area contributed by atoms with Gasteiger partial charge in [0.2, 0.25) is 0 Å². The Kier molecular flexibility index (Phi) is 7.69. The van der Waals surface area contributed by atoms with Crippen molar-refractivity contribution in [3.05, 3.63) is 69.5 Å². The standard InChI is InChI=1S/C19H21Cl2FN2O2/c1-13(15-10-18(22)17(21)11-16(15)20)23-19(25)24(8-9-26-2)12-14-6-4-3-5-7-14/h3-7,10-11,13H,8-9,12H2,1-2H3,(H,23,25). The molecule has 0 aliphatic carbocycles. The molecule has 4 nitrogen and oxygen atoms in total. The Morgan fingerprint density at radius 3 is 2.58 bits per heavy atom. The molecule has 2 amide bonds. The van der Waals surface area contributed by atoms with Gasteiger partial charge in [0.15, 0.2) is 0 Å². The van der Waals surface area contributed by atoms with E-state index >= 15 is 0 Å². The maximum absolute atomic E-state index is 13.7. The minimum absolute atomic E-state index is 0.0527. The minimum Gasteiger partial charge on any atom is -0.383 e. The molecule has 1 unspecified atom stereocenters. The molecule has 0 saturated heterocycles. The Bertz CT molecular complexity index is 744. The van der Waals surface area contributed by atoms with Gasteiger partial charge in [-0.3, -0.25) is 0 Å². The number of hydrogen-bond acceptors (Lipinski definition) is 2. The van der Waals surface area contributed by atoms with Crippen LogP contribution in [0.5, 0.6) is 0 Å². The quantitative estimate of drug-likeness (QED) is 0.662. The highest BCUT2D eigenvalue weighted by atomic mass is 35.5. The number of methoxy groups -OCH3 is 1. The summed E-state index contributed by atoms with van der Waals surface area (Å²) in [7, 11) is 1.58. The van der Waals surface area contributed by atoms with Crippen LogP contribution in [-0.4, -0.2) is 31.2 Å². The molecule has 0 aliphatic heterocycles. The largest absolute Gasteiger partial charge is 0.383 e. The van der Waals surface area contributed by atoms with Crippen molar-refractivity contribution in [1.29, 1.82) is 0 Å². The van der Waals surface area contributed by atoms with E-state index in [0.29, 0.717) is 30.3 Å². The molecule has 0 spiro atoms. The maximum atomic E-state index is 13.7. The average molecular weight is 399 g/mol. The van der Waals surface area contributed by atoms with E-state index in [9.17, 15) is 9.18 Å². The number of halogens is 3. The molecule has 26 heavy (non-hydrogen) atoms. The second-order valence-corrected chi connectivity index (χ2v) is 6.67. The Hall–Kier alpha value is -1.82. The second kappa shape index (κ2) is 9.76. The molecule has 0 aliphatic rings. The van der Waals surface area contributed by atoms with Gasteiger partial charge in [0.1, 0.15) is 5.82 Å². The van der Waals surface area contributed by atoms with Crippen molar-refractivity contribution in [2.24, 2.45) is 0 Å². The molecule has 0 saturated carbocycles. The predicted octanol–water partition coefficient (Wildman–Crippen LogP) is 5.05. The van der Waals surface area contributed by atoms with Crippen molar-refractivity contribution in [1.82, 2.24) is 10.2 Å². The van der Waals surface area contributed by atoms with Crippen LogP contribution in [0, 0.1) is 5.82 Å². The third kappa shape index (κ3) is 5.59. The Morgan fingerprint density at radius 1 is 1.23 bits per heavy atom. The Labute approximate surface area is 162 Å². The molecule has 0 aromatic heterocycles. The van der Waals surface area contributed by atoms with Crippen molar-refractivity contribution in [2.45, 2.75) is 19.5 Å². The molecular formula is C19H21Cl2FN2O2. The first kappa shape index (κ1) is 20.5. The van der Waals surface area contributed by atoms with Crippen molar-refractivity contribution < 1.29 is 13.9 Å². The smallest absolute Gasteiger partial charge is 0.318 e. The van der Waals surface area contributed by atoms with Crippen LogP contribution in [0.1, 0.15) is 24.1 Å². The second-order valence-electron chi connectivity index (χ2n) is 5.86. The molecule has 0 heterocycles. The molecule has 140 valence electrons. The van der Waals surface area contributed by atoms with Crippen molar-refractivity contribution in [2.75, 3.05) is 20.3 Å². The lowest BCUT2D eigenvalue weighted by Gasteiger charge is -2.26. The van der Waals surface area contributed by atoms with Gasteiger partial charge in [-0.1, -0.05) is 53.5 Å². The fraction of sp³-hybridized carbons (Fsp3) is 0.316. The van der Waals surface area contributed by atoms with E-state index in [4.69, 9.17) is 27.9 Å². The molecule has 0 fully saturated rings. The third-order valence-corrected chi connectivity index (χ3v) is 4.53. The van der Waals surface area contributed by atoms with Gasteiger partial charge in [-0.25, -0.2) is 9.18 Å². The zero-order valence-corrected chi connectivity index (χ0v) is 16.1. The van der Waals surface area contributed by atoms with Crippen LogP contribution in [0.25, 0.3) is 0 Å². The average Bonchev–Trinajstić information content (AvgIpc) is 2.62. The number of nitrogens with zero attached hydrogens (tertiary/aromatic N) is 1. The van der Waals surface area contributed by atoms with Gasteiger partial charge in [0, 0.05) is 25.2 Å². The lowest BCUT2D eigenvalue weighted by atomic mass is 10.1. The van der Waals surface area contributed by atoms with Gasteiger partial charge in [-0.15, -0.1) is 0 Å². The number of rotatable bonds is 7. The topological polar surface area (TPSA) is 41.6 Å². The summed E-state index contributed by atoms with van der Waals surface area (Å²) in [5.74, 6) is -0.576. The van der Waals surface area contributed by atoms with E-state index in [1.54, 1.807) is 18.9 Å². The summed E-state index contributed by atoms with van der Waals surface area (Å²) in [5.41, 5.74) is 1.47. The first-order valence-corrected chi connectivity index (χ1v) is 8.90. The van der Waals surface area contributed by atoms with E-state index in [-0.39, 0.29) is 11.1 Å². The molecule has 0 radical (unpaired) electrons. The molecule has 2 aromatic rings. The monoisotopic (exact) mass is 398 g/mol. The van der Waals surface area contributed by atoms with Gasteiger partial charge in [0.05, 0.1) is 17.7 Å². The number of carbonyl (C=O) groups is 1. The van der Waals surface area contributed by atoms with E-state index in [1.165, 1.54) is 12.1 Å². The van der Waals surface area contributed by atoms with Crippen LogP contribution >= 0.6 is 23.2 Å². The number of nitrogens with one attached hydrogen (secondary N) is 1. The number of urea groups is 1. The highest BCUT2D eigenvalue weighted by Crippen LogP contribution is 2.28. The molecule has 0 bridgehead atoms. The zero-order chi connectivity index (χ0) is 19.1. The van der Waals surface area contributed by atoms with E-state index in [1.807, 2.05) is 30.3 Å². The highest BCUT2D eigenvalue weighted by Gasteiger charge is 2.19. The molecular weight excluding hydrogens is 378 g/mol. The van der Waals surface area contributed by atoms with Crippen LogP contribution in [-0.2, 0) is 11.3 Å². The van der Waals surface area contributed by atoms with Crippen LogP contribution in [0.2, 0.25) is 10.0 Å². The summed E-state index contributed by atoms with van der Waals surface area (Å²) in [6.07, 6.45) is 0. The summed E-state index contributed by atoms with van der Waals surface area (Å²) in [5, 5.41) is 3.10. The number of benzene rings is 2. The van der Waals surface area contributed by atoms with E-state index in [0.717, 1.165) is 5.56 Å². The summed E-state index contributed by atoms with van der Waals surface area (Å²) in [6.45, 7) is 3.01. The Balaban J connectivity index is 2.11. The first-order valence-electron chi connectivity index (χ1n) is 8.15. The van der Waals surface area contributed by atoms with Crippen LogP contribution in [0.3, 0.4) is 0 Å². The number of carbonyl (C=O) groups excluding carboxylic acids is 1. The molecule has 2 rings (SSSR count). The van der Waals surface area contributed by atoms with Crippen LogP contribution in [0.15, 0.2) is 42.5 Å². The number of amides is 2. The lowest BCUT2D eigenvalue weighted by molar-refractivity contribution is 0.145. The summed E-state index contributed by atoms with van der Waals surface area (Å²) in [6, 6.07) is 11.5. The highest BCUT2D eigenvalue weighted by molar-refractivity contribution is 6.35. The normalized spacial score (nSPS) is 11.9. The van der Waals surface area contributed by atoms with Crippen LogP contribution in [0.4, 0.5) is 9.18 Å². The van der Waals surface area contributed by atoms with Crippen molar-refractivity contribution in [3.8, 4) is 0 Å². The van der Waals surface area contributed by atoms with E-state index in [2.05, 4.69) is 5.32 Å². The number of hydrogen-bond donors (Lipinski definition) is 1. The lowest BCUT2D eigenvalue weighted by Crippen LogP contribution is -2.42. The van der Waals surface area contributed by atoms with E-state index < -0.39 is 11.9 Å². The fourth-order valence-electron chi connectivity index (χ4n) is 2.48. The van der Waals surface area contributed by atoms with Crippen LogP contribution < -0.4 is 5.32 Å². The van der Waals surface area contributed by atoms with Gasteiger partial charge < -0.3 is 15.0 Å². The summed E-state index contributed by atoms with van der Waals surface area (Å²) < 4.78 is 18.8. The SMILES string of the molecule is COCCN(Cc1ccccc1)C(=O)NC(C)c1cc(F)c(Cl)cc1Cl. The van der Waals surface area contributed by atoms with Gasteiger partial charge in [-0.2, -0.15) is 0 Å². The van der Waals surface area contributed by atoms with Gasteiger partial charge in [-0.05, 0) is 30.2 Å². The number of ether oxygens (including phenoxy) is 1. The summed E-state index contributed by atoms with van der Waals surface area (Å²) >= 11 is 11.9. The maximum Gasteiger partial charge on any atom is 0.318 e. The first-order chi connectivity index (χ1) is 12.4. The molecule has 1 N–H and O–H groups in total. The summed E-state index contributed by atoms with van der Waals surface area (Å²) in [4.78, 5) is 14.3. The third-order valence-electron chi connectivity index (χ3n) is 3.91. The van der Waals surface area contributed by atoms with Gasteiger partial charge in [0.25, 0.3) is 0 Å². The van der Waals surface area contributed by atoms with Crippen molar-refractivity contribution >= 4 is 29.2 Å². The predicted molar refractivity (Wildman–Crippen MR) is 102 cm³/mol. The Morgan fingerprint density at radius 2 is 1.92 bits per heavy atom. The molecule has 1 atom stereocenters. The zero-order valence-electron chi connectivity index (χ0n) is 14.6. The fourth-order valence-corrected chi connectivity index (χ4v) is 3.03. The van der Waals surface area contributed by atoms with Crippen molar-refractivity contribution in [3.63, 3.8) is 0 Å². The minimum atomic E-state index is -0.576. The molecule has 7 heteroatoms. The van der Waals surface area contributed by atoms with Gasteiger partial charge >= 0.3 is 6.03 Å². The molecule has 2 aromatic carbocycles.